The minimum atomic E-state index is -3.37. The zero-order chi connectivity index (χ0) is 19.9. The average Bonchev–Trinajstić information content (AvgIpc) is 2.95. The fourth-order valence-corrected chi connectivity index (χ4v) is 4.65. The zero-order valence-corrected chi connectivity index (χ0v) is 17.1. The van der Waals surface area contributed by atoms with Crippen LogP contribution in [-0.2, 0) is 25.1 Å². The Morgan fingerprint density at radius 1 is 1.15 bits per heavy atom. The fourth-order valence-electron chi connectivity index (χ4n) is 2.79. The van der Waals surface area contributed by atoms with Gasteiger partial charge in [-0.25, -0.2) is 4.79 Å². The summed E-state index contributed by atoms with van der Waals surface area (Å²) in [6.07, 6.45) is 0.316. The highest BCUT2D eigenvalue weighted by Gasteiger charge is 2.47. The minimum Gasteiger partial charge on any atom is -0.389 e. The second-order valence-electron chi connectivity index (χ2n) is 6.74. The number of benzene rings is 1. The molecule has 1 heterocycles. The highest BCUT2D eigenvalue weighted by atomic mass is 31.2. The highest BCUT2D eigenvalue weighted by molar-refractivity contribution is 7.55. The lowest BCUT2D eigenvalue weighted by atomic mass is 10.0. The monoisotopic (exact) mass is 397 g/mol. The van der Waals surface area contributed by atoms with E-state index in [0.717, 1.165) is 5.56 Å². The smallest absolute Gasteiger partial charge is 0.336 e. The average molecular weight is 397 g/mol. The molecule has 0 bridgehead atoms. The summed E-state index contributed by atoms with van der Waals surface area (Å²) in [7, 11) is -3.37. The first kappa shape index (κ1) is 21.4. The minimum absolute atomic E-state index is 0.275. The molecule has 9 heteroatoms. The molecule has 2 N–H and O–H groups in total. The molecule has 1 saturated heterocycles. The number of oxime groups is 1. The maximum atomic E-state index is 13.2. The van der Waals surface area contributed by atoms with Crippen molar-refractivity contribution in [1.29, 1.82) is 0 Å². The molecule has 0 aliphatic carbocycles. The van der Waals surface area contributed by atoms with E-state index in [2.05, 4.69) is 15.8 Å². The van der Waals surface area contributed by atoms with Crippen molar-refractivity contribution in [3.05, 3.63) is 35.9 Å². The van der Waals surface area contributed by atoms with Gasteiger partial charge in [-0.1, -0.05) is 35.5 Å². The van der Waals surface area contributed by atoms with Crippen LogP contribution in [0.15, 0.2) is 35.5 Å². The van der Waals surface area contributed by atoms with Gasteiger partial charge in [0.2, 0.25) is 0 Å². The Balaban J connectivity index is 2.08. The number of amidine groups is 1. The molecule has 0 radical (unpaired) electrons. The summed E-state index contributed by atoms with van der Waals surface area (Å²) >= 11 is 0. The van der Waals surface area contributed by atoms with Crippen molar-refractivity contribution in [3.8, 4) is 0 Å². The molecule has 1 aromatic carbocycles. The summed E-state index contributed by atoms with van der Waals surface area (Å²) in [6, 6.07) is 8.74. The van der Waals surface area contributed by atoms with Gasteiger partial charge in [-0.3, -0.25) is 9.88 Å². The first-order valence-corrected chi connectivity index (χ1v) is 10.6. The molecular weight excluding hydrogens is 369 g/mol. The van der Waals surface area contributed by atoms with Gasteiger partial charge in [-0.05, 0) is 39.7 Å². The number of urea groups is 1. The summed E-state index contributed by atoms with van der Waals surface area (Å²) in [4.78, 5) is 17.2. The van der Waals surface area contributed by atoms with E-state index in [1.165, 1.54) is 0 Å². The Morgan fingerprint density at radius 3 is 2.37 bits per heavy atom. The number of hydrogen-bond acceptors (Lipinski definition) is 6. The van der Waals surface area contributed by atoms with Crippen LogP contribution in [0, 0.1) is 0 Å². The molecule has 8 nitrogen and oxygen atoms in total. The largest absolute Gasteiger partial charge is 0.389 e. The van der Waals surface area contributed by atoms with Crippen molar-refractivity contribution in [2.24, 2.45) is 5.16 Å². The molecule has 2 rings (SSSR count). The number of nitrogens with one attached hydrogen (secondary N) is 2. The van der Waals surface area contributed by atoms with E-state index >= 15 is 0 Å². The van der Waals surface area contributed by atoms with E-state index in [1.54, 1.807) is 27.7 Å². The van der Waals surface area contributed by atoms with Crippen LogP contribution in [0.2, 0.25) is 0 Å². The van der Waals surface area contributed by atoms with Gasteiger partial charge >= 0.3 is 13.6 Å². The van der Waals surface area contributed by atoms with E-state index < -0.39 is 18.8 Å². The molecule has 1 aromatic rings. The molecule has 0 saturated carbocycles. The van der Waals surface area contributed by atoms with Gasteiger partial charge in [0.05, 0.1) is 24.4 Å². The predicted molar refractivity (Wildman–Crippen MR) is 104 cm³/mol. The molecule has 1 fully saturated rings. The van der Waals surface area contributed by atoms with Crippen LogP contribution < -0.4 is 10.6 Å². The maximum Gasteiger partial charge on any atom is 0.336 e. The first-order chi connectivity index (χ1) is 12.8. The molecule has 1 unspecified atom stereocenters. The summed E-state index contributed by atoms with van der Waals surface area (Å²) in [5.41, 5.74) is 0.966. The third-order valence-electron chi connectivity index (χ3n) is 4.16. The van der Waals surface area contributed by atoms with Crippen LogP contribution in [0.3, 0.4) is 0 Å². The fraction of sp³-hybridized carbons (Fsp3) is 0.556. The van der Waals surface area contributed by atoms with Crippen LogP contribution in [0.4, 0.5) is 4.79 Å². The molecular formula is C18H28N3O5P. The van der Waals surface area contributed by atoms with Gasteiger partial charge in [0.25, 0.3) is 0 Å². The van der Waals surface area contributed by atoms with Gasteiger partial charge < -0.3 is 19.2 Å². The third-order valence-corrected chi connectivity index (χ3v) is 7.02. The van der Waals surface area contributed by atoms with Crippen LogP contribution in [0.25, 0.3) is 0 Å². The first-order valence-electron chi connectivity index (χ1n) is 9.02. The number of carbonyl (C=O) groups excluding carboxylic acids is 1. The second kappa shape index (κ2) is 9.35. The molecule has 1 atom stereocenters. The van der Waals surface area contributed by atoms with E-state index in [1.807, 2.05) is 30.3 Å². The molecule has 27 heavy (non-hydrogen) atoms. The van der Waals surface area contributed by atoms with Gasteiger partial charge in [-0.15, -0.1) is 0 Å². The summed E-state index contributed by atoms with van der Waals surface area (Å²) < 4.78 is 24.1. The Morgan fingerprint density at radius 2 is 1.78 bits per heavy atom. The van der Waals surface area contributed by atoms with Crippen LogP contribution in [-0.4, -0.2) is 36.3 Å². The van der Waals surface area contributed by atoms with Gasteiger partial charge in [-0.2, -0.15) is 0 Å². The predicted octanol–water partition coefficient (Wildman–Crippen LogP) is 3.63. The lowest BCUT2D eigenvalue weighted by Gasteiger charge is -2.34. The molecule has 0 spiro atoms. The van der Waals surface area contributed by atoms with E-state index in [0.29, 0.717) is 12.3 Å². The second-order valence-corrected chi connectivity index (χ2v) is 9.46. The summed E-state index contributed by atoms with van der Waals surface area (Å²) in [5, 5.41) is 8.63. The SMILES string of the molecule is CCOP(=O)(OCC)C(C)(C)CC1NC(=O)NC1=NOCc1ccccc1. The van der Waals surface area contributed by atoms with E-state index in [-0.39, 0.29) is 25.9 Å². The van der Waals surface area contributed by atoms with Crippen LogP contribution in [0.1, 0.15) is 39.7 Å². The van der Waals surface area contributed by atoms with Crippen molar-refractivity contribution >= 4 is 19.5 Å². The van der Waals surface area contributed by atoms with Crippen molar-refractivity contribution in [2.45, 2.75) is 51.9 Å². The number of amides is 2. The Bertz CT molecular complexity index is 698. The molecule has 150 valence electrons. The summed E-state index contributed by atoms with van der Waals surface area (Å²) in [6.45, 7) is 7.97. The lowest BCUT2D eigenvalue weighted by molar-refractivity contribution is 0.128. The molecule has 1 aliphatic rings. The van der Waals surface area contributed by atoms with Crippen molar-refractivity contribution in [2.75, 3.05) is 13.2 Å². The Hall–Kier alpha value is -1.89. The molecule has 1 aliphatic heterocycles. The van der Waals surface area contributed by atoms with Gasteiger partial charge in [0.15, 0.2) is 5.84 Å². The third kappa shape index (κ3) is 5.54. The number of nitrogens with zero attached hydrogens (tertiary/aromatic N) is 1. The van der Waals surface area contributed by atoms with Gasteiger partial charge in [0.1, 0.15) is 6.61 Å². The van der Waals surface area contributed by atoms with Crippen molar-refractivity contribution in [1.82, 2.24) is 10.6 Å². The standard InChI is InChI=1S/C18H28N3O5P/c1-5-25-27(23,26-6-2)18(3,4)12-15-16(20-17(22)19-15)21-24-13-14-10-8-7-9-11-14/h7-11,15H,5-6,12-13H2,1-4H3,(H2,19,20,21,22). The van der Waals surface area contributed by atoms with Gasteiger partial charge in [0, 0.05) is 0 Å². The number of rotatable bonds is 10. The normalized spacial score (nSPS) is 19.0. The van der Waals surface area contributed by atoms with E-state index in [9.17, 15) is 9.36 Å². The molecule has 0 aromatic heterocycles. The number of carbonyl (C=O) groups is 1. The Kier molecular flexibility index (Phi) is 7.41. The maximum absolute atomic E-state index is 13.2. The quantitative estimate of drug-likeness (QED) is 0.464. The van der Waals surface area contributed by atoms with Crippen LogP contribution in [0.5, 0.6) is 0 Å². The number of hydrogen-bond donors (Lipinski definition) is 2. The van der Waals surface area contributed by atoms with Crippen molar-refractivity contribution < 1.29 is 23.2 Å². The lowest BCUT2D eigenvalue weighted by Crippen LogP contribution is -2.38. The topological polar surface area (TPSA) is 98.2 Å². The zero-order valence-electron chi connectivity index (χ0n) is 16.2. The van der Waals surface area contributed by atoms with Crippen LogP contribution >= 0.6 is 7.60 Å². The van der Waals surface area contributed by atoms with E-state index in [4.69, 9.17) is 13.9 Å². The highest BCUT2D eigenvalue weighted by Crippen LogP contribution is 2.61. The summed E-state index contributed by atoms with van der Waals surface area (Å²) in [5.74, 6) is 0.351. The Labute approximate surface area is 160 Å². The molecule has 2 amide bonds. The van der Waals surface area contributed by atoms with Crippen molar-refractivity contribution in [3.63, 3.8) is 0 Å².